The van der Waals surface area contributed by atoms with E-state index in [1.165, 1.54) is 0 Å². The van der Waals surface area contributed by atoms with E-state index in [4.69, 9.17) is 0 Å². The molecule has 2 nitrogen and oxygen atoms in total. The van der Waals surface area contributed by atoms with Crippen LogP contribution in [0.3, 0.4) is 0 Å². The number of imidazole rings is 1. The number of benzene rings is 1. The Bertz CT molecular complexity index is 450. The summed E-state index contributed by atoms with van der Waals surface area (Å²) in [6, 6.07) is 2.26. The number of H-pyrrole nitrogens is 1. The minimum atomic E-state index is -0.856. The van der Waals surface area contributed by atoms with Crippen molar-refractivity contribution in [1.82, 2.24) is 9.97 Å². The molecule has 1 aromatic carbocycles. The quantitative estimate of drug-likeness (QED) is 0.810. The number of fused-ring (bicyclic) bond motifs is 1. The van der Waals surface area contributed by atoms with E-state index in [0.717, 1.165) is 24.4 Å². The molecule has 1 aromatic heterocycles. The average molecular weight is 210 g/mol. The fourth-order valence-corrected chi connectivity index (χ4v) is 1.54. The lowest BCUT2D eigenvalue weighted by Crippen LogP contribution is -1.95. The standard InChI is InChI=1S/C11H12F2N2/c1-6(2)3-11-14-9-4-7(12)8(13)5-10(9)15-11/h4-6H,3H2,1-2H3,(H,14,15). The maximum Gasteiger partial charge on any atom is 0.161 e. The molecule has 0 amide bonds. The summed E-state index contributed by atoms with van der Waals surface area (Å²) in [5.74, 6) is -0.474. The molecule has 4 heteroatoms. The highest BCUT2D eigenvalue weighted by Crippen LogP contribution is 2.17. The molecule has 15 heavy (non-hydrogen) atoms. The fourth-order valence-electron chi connectivity index (χ4n) is 1.54. The number of aromatic nitrogens is 2. The van der Waals surface area contributed by atoms with Gasteiger partial charge in [0, 0.05) is 18.6 Å². The van der Waals surface area contributed by atoms with E-state index in [1.54, 1.807) is 0 Å². The average Bonchev–Trinajstić information content (AvgIpc) is 2.46. The molecule has 0 spiro atoms. The molecule has 0 unspecified atom stereocenters. The van der Waals surface area contributed by atoms with Crippen LogP contribution in [0.25, 0.3) is 11.0 Å². The summed E-state index contributed by atoms with van der Waals surface area (Å²) in [7, 11) is 0. The highest BCUT2D eigenvalue weighted by molar-refractivity contribution is 5.75. The van der Waals surface area contributed by atoms with Crippen molar-refractivity contribution in [2.24, 2.45) is 5.92 Å². The van der Waals surface area contributed by atoms with Crippen LogP contribution in [-0.4, -0.2) is 9.97 Å². The van der Waals surface area contributed by atoms with Crippen LogP contribution in [0.1, 0.15) is 19.7 Å². The molecule has 0 saturated heterocycles. The first-order valence-electron chi connectivity index (χ1n) is 4.90. The van der Waals surface area contributed by atoms with Crippen LogP contribution < -0.4 is 0 Å². The predicted octanol–water partition coefficient (Wildman–Crippen LogP) is 3.04. The zero-order valence-electron chi connectivity index (χ0n) is 8.64. The predicted molar refractivity (Wildman–Crippen MR) is 54.6 cm³/mol. The van der Waals surface area contributed by atoms with E-state index in [9.17, 15) is 8.78 Å². The molecule has 0 atom stereocenters. The smallest absolute Gasteiger partial charge is 0.161 e. The lowest BCUT2D eigenvalue weighted by Gasteiger charge is -1.98. The van der Waals surface area contributed by atoms with Crippen molar-refractivity contribution in [3.63, 3.8) is 0 Å². The van der Waals surface area contributed by atoms with Crippen LogP contribution in [-0.2, 0) is 6.42 Å². The lowest BCUT2D eigenvalue weighted by molar-refractivity contribution is 0.510. The van der Waals surface area contributed by atoms with Gasteiger partial charge in [-0.05, 0) is 5.92 Å². The van der Waals surface area contributed by atoms with Crippen LogP contribution in [0.15, 0.2) is 12.1 Å². The number of hydrogen-bond acceptors (Lipinski definition) is 1. The topological polar surface area (TPSA) is 28.7 Å². The first-order chi connectivity index (χ1) is 7.06. The van der Waals surface area contributed by atoms with Gasteiger partial charge in [-0.2, -0.15) is 0 Å². The zero-order valence-corrected chi connectivity index (χ0v) is 8.64. The van der Waals surface area contributed by atoms with Crippen LogP contribution in [0, 0.1) is 17.6 Å². The van der Waals surface area contributed by atoms with Crippen LogP contribution in [0.2, 0.25) is 0 Å². The Morgan fingerprint density at radius 3 is 2.60 bits per heavy atom. The fraction of sp³-hybridized carbons (Fsp3) is 0.364. The van der Waals surface area contributed by atoms with E-state index in [1.807, 2.05) is 0 Å². The summed E-state index contributed by atoms with van der Waals surface area (Å²) in [6.07, 6.45) is 0.776. The number of rotatable bonds is 2. The second-order valence-electron chi connectivity index (χ2n) is 4.06. The minimum absolute atomic E-state index is 0.459. The molecule has 0 saturated carbocycles. The molecule has 0 fully saturated rings. The Balaban J connectivity index is 2.47. The van der Waals surface area contributed by atoms with Gasteiger partial charge in [-0.15, -0.1) is 0 Å². The van der Waals surface area contributed by atoms with E-state index >= 15 is 0 Å². The van der Waals surface area contributed by atoms with Crippen molar-refractivity contribution in [2.45, 2.75) is 20.3 Å². The summed E-state index contributed by atoms with van der Waals surface area (Å²) in [5, 5.41) is 0. The van der Waals surface area contributed by atoms with Gasteiger partial charge in [0.25, 0.3) is 0 Å². The Kier molecular flexibility index (Phi) is 2.42. The molecular weight excluding hydrogens is 198 g/mol. The summed E-state index contributed by atoms with van der Waals surface area (Å²) < 4.78 is 25.8. The number of nitrogens with one attached hydrogen (secondary N) is 1. The van der Waals surface area contributed by atoms with Crippen LogP contribution in [0.5, 0.6) is 0 Å². The van der Waals surface area contributed by atoms with Crippen molar-refractivity contribution in [3.05, 3.63) is 29.6 Å². The van der Waals surface area contributed by atoms with E-state index in [0.29, 0.717) is 17.0 Å². The van der Waals surface area contributed by atoms with Crippen molar-refractivity contribution in [1.29, 1.82) is 0 Å². The molecule has 0 aliphatic heterocycles. The normalized spacial score (nSPS) is 11.5. The van der Waals surface area contributed by atoms with E-state index in [-0.39, 0.29) is 0 Å². The largest absolute Gasteiger partial charge is 0.342 e. The Morgan fingerprint density at radius 2 is 1.93 bits per heavy atom. The highest BCUT2D eigenvalue weighted by atomic mass is 19.2. The van der Waals surface area contributed by atoms with Gasteiger partial charge < -0.3 is 4.98 Å². The third kappa shape index (κ3) is 1.98. The minimum Gasteiger partial charge on any atom is -0.342 e. The summed E-state index contributed by atoms with van der Waals surface area (Å²) in [6.45, 7) is 4.13. The molecule has 2 rings (SSSR count). The van der Waals surface area contributed by atoms with E-state index in [2.05, 4.69) is 23.8 Å². The number of aromatic amines is 1. The second kappa shape index (κ2) is 3.61. The van der Waals surface area contributed by atoms with Gasteiger partial charge in [0.15, 0.2) is 11.6 Å². The summed E-state index contributed by atoms with van der Waals surface area (Å²) in [5.41, 5.74) is 1.02. The molecule has 1 N–H and O–H groups in total. The Labute approximate surface area is 86.3 Å². The monoisotopic (exact) mass is 210 g/mol. The van der Waals surface area contributed by atoms with Gasteiger partial charge >= 0.3 is 0 Å². The maximum atomic E-state index is 12.9. The highest BCUT2D eigenvalue weighted by Gasteiger charge is 2.09. The maximum absolute atomic E-state index is 12.9. The van der Waals surface area contributed by atoms with E-state index < -0.39 is 11.6 Å². The van der Waals surface area contributed by atoms with Gasteiger partial charge in [-0.1, -0.05) is 13.8 Å². The summed E-state index contributed by atoms with van der Waals surface area (Å²) >= 11 is 0. The number of halogens is 2. The third-order valence-corrected chi connectivity index (χ3v) is 2.17. The zero-order chi connectivity index (χ0) is 11.0. The molecule has 1 heterocycles. The first kappa shape index (κ1) is 10.1. The molecule has 2 aromatic rings. The molecule has 0 aliphatic carbocycles. The van der Waals surface area contributed by atoms with Gasteiger partial charge in [0.1, 0.15) is 5.82 Å². The summed E-state index contributed by atoms with van der Waals surface area (Å²) in [4.78, 5) is 7.17. The van der Waals surface area contributed by atoms with Crippen molar-refractivity contribution >= 4 is 11.0 Å². The first-order valence-corrected chi connectivity index (χ1v) is 4.90. The number of hydrogen-bond donors (Lipinski definition) is 1. The Hall–Kier alpha value is -1.45. The third-order valence-electron chi connectivity index (χ3n) is 2.17. The molecular formula is C11H12F2N2. The molecule has 0 radical (unpaired) electrons. The molecule has 0 bridgehead atoms. The lowest BCUT2D eigenvalue weighted by atomic mass is 10.1. The molecule has 0 aliphatic rings. The van der Waals surface area contributed by atoms with Crippen LogP contribution in [0.4, 0.5) is 8.78 Å². The van der Waals surface area contributed by atoms with Crippen LogP contribution >= 0.6 is 0 Å². The SMILES string of the molecule is CC(C)Cc1nc2cc(F)c(F)cc2[nH]1. The molecule has 80 valence electrons. The van der Waals surface area contributed by atoms with Gasteiger partial charge in [0.2, 0.25) is 0 Å². The van der Waals surface area contributed by atoms with Crippen molar-refractivity contribution in [2.75, 3.05) is 0 Å². The number of nitrogens with zero attached hydrogens (tertiary/aromatic N) is 1. The van der Waals surface area contributed by atoms with Gasteiger partial charge in [-0.25, -0.2) is 13.8 Å². The van der Waals surface area contributed by atoms with Gasteiger partial charge in [-0.3, -0.25) is 0 Å². The van der Waals surface area contributed by atoms with Crippen molar-refractivity contribution in [3.8, 4) is 0 Å². The Morgan fingerprint density at radius 1 is 1.27 bits per heavy atom. The van der Waals surface area contributed by atoms with Crippen molar-refractivity contribution < 1.29 is 8.78 Å². The second-order valence-corrected chi connectivity index (χ2v) is 4.06. The van der Waals surface area contributed by atoms with Gasteiger partial charge in [0.05, 0.1) is 11.0 Å².